The lowest BCUT2D eigenvalue weighted by Crippen LogP contribution is -2.07. The van der Waals surface area contributed by atoms with Crippen molar-refractivity contribution in [3.8, 4) is 0 Å². The molecule has 0 N–H and O–H groups in total. The topological polar surface area (TPSA) is 22.0 Å². The van der Waals surface area contributed by atoms with Gasteiger partial charge >= 0.3 is 0 Å². The Balaban J connectivity index is 2.93. The molecule has 1 aromatic rings. The summed E-state index contributed by atoms with van der Waals surface area (Å²) in [6.45, 7) is 9.55. The van der Waals surface area contributed by atoms with Gasteiger partial charge in [-0.05, 0) is 32.3 Å². The number of rotatable bonds is 5. The Morgan fingerprint density at radius 1 is 1.44 bits per heavy atom. The second-order valence-electron chi connectivity index (χ2n) is 4.68. The number of aromatic nitrogens is 1. The quantitative estimate of drug-likeness (QED) is 0.597. The van der Waals surface area contributed by atoms with Crippen LogP contribution in [-0.4, -0.2) is 15.7 Å². The number of halogens is 1. The molecule has 0 aliphatic carbocycles. The van der Waals surface area contributed by atoms with E-state index in [2.05, 4.69) is 41.3 Å². The molecule has 90 valence electrons. The summed E-state index contributed by atoms with van der Waals surface area (Å²) in [6.07, 6.45) is 1.15. The average molecular weight is 286 g/mol. The molecule has 0 fully saturated rings. The Kier molecular flexibility index (Phi) is 4.78. The molecule has 1 rings (SSSR count). The van der Waals surface area contributed by atoms with Crippen LogP contribution in [0.15, 0.2) is 6.07 Å². The molecule has 0 aliphatic heterocycles. The summed E-state index contributed by atoms with van der Waals surface area (Å²) >= 11 is 3.22. The lowest BCUT2D eigenvalue weighted by Gasteiger charge is -2.11. The molecule has 0 saturated heterocycles. The number of nitrogens with zero attached hydrogens (tertiary/aromatic N) is 1. The van der Waals surface area contributed by atoms with Gasteiger partial charge in [-0.1, -0.05) is 29.8 Å². The Morgan fingerprint density at radius 3 is 2.56 bits per heavy atom. The Bertz CT molecular complexity index is 380. The molecule has 2 nitrogen and oxygen atoms in total. The second kappa shape index (κ2) is 5.67. The first kappa shape index (κ1) is 13.5. The van der Waals surface area contributed by atoms with Crippen LogP contribution in [0.1, 0.15) is 42.0 Å². The largest absolute Gasteiger partial charge is 0.348 e. The molecule has 3 heteroatoms. The molecular formula is C13H20BrNO. The number of ketones is 1. The molecule has 16 heavy (non-hydrogen) atoms. The van der Waals surface area contributed by atoms with Crippen molar-refractivity contribution >= 4 is 21.7 Å². The summed E-state index contributed by atoms with van der Waals surface area (Å²) in [4.78, 5) is 11.7. The van der Waals surface area contributed by atoms with E-state index in [0.29, 0.717) is 11.2 Å². The van der Waals surface area contributed by atoms with Crippen molar-refractivity contribution in [2.45, 2.75) is 40.7 Å². The van der Waals surface area contributed by atoms with Crippen molar-refractivity contribution in [2.75, 3.05) is 5.33 Å². The van der Waals surface area contributed by atoms with Crippen molar-refractivity contribution in [1.82, 2.24) is 4.57 Å². The zero-order valence-corrected chi connectivity index (χ0v) is 12.1. The lowest BCUT2D eigenvalue weighted by atomic mass is 10.1. The summed E-state index contributed by atoms with van der Waals surface area (Å²) in [5, 5.41) is 0.404. The van der Waals surface area contributed by atoms with Crippen molar-refractivity contribution in [3.63, 3.8) is 0 Å². The van der Waals surface area contributed by atoms with Crippen LogP contribution in [0.3, 0.4) is 0 Å². The lowest BCUT2D eigenvalue weighted by molar-refractivity contribution is 0.102. The van der Waals surface area contributed by atoms with Gasteiger partial charge in [-0.25, -0.2) is 0 Å². The van der Waals surface area contributed by atoms with Gasteiger partial charge < -0.3 is 4.57 Å². The van der Waals surface area contributed by atoms with Gasteiger partial charge in [0.05, 0.1) is 5.33 Å². The highest BCUT2D eigenvalue weighted by Crippen LogP contribution is 2.18. The average Bonchev–Trinajstić information content (AvgIpc) is 2.51. The minimum absolute atomic E-state index is 0.170. The van der Waals surface area contributed by atoms with E-state index in [1.165, 1.54) is 5.69 Å². The van der Waals surface area contributed by atoms with Crippen LogP contribution >= 0.6 is 15.9 Å². The summed E-state index contributed by atoms with van der Waals surface area (Å²) < 4.78 is 2.25. The zero-order valence-electron chi connectivity index (χ0n) is 10.5. The van der Waals surface area contributed by atoms with E-state index in [1.54, 1.807) is 0 Å². The van der Waals surface area contributed by atoms with Gasteiger partial charge in [0, 0.05) is 23.5 Å². The van der Waals surface area contributed by atoms with Crippen molar-refractivity contribution in [3.05, 3.63) is 23.0 Å². The van der Waals surface area contributed by atoms with Crippen LogP contribution < -0.4 is 0 Å². The predicted molar refractivity (Wildman–Crippen MR) is 71.5 cm³/mol. The number of Topliss-reactive ketones (excluding diaryl/α,β-unsaturated/α-hetero) is 1. The summed E-state index contributed by atoms with van der Waals surface area (Å²) in [5.41, 5.74) is 3.14. The Morgan fingerprint density at radius 2 is 2.06 bits per heavy atom. The molecule has 0 saturated carbocycles. The van der Waals surface area contributed by atoms with Crippen LogP contribution in [0, 0.1) is 19.8 Å². The third kappa shape index (κ3) is 2.97. The van der Waals surface area contributed by atoms with Crippen LogP contribution in [-0.2, 0) is 6.54 Å². The van der Waals surface area contributed by atoms with E-state index in [9.17, 15) is 4.79 Å². The van der Waals surface area contributed by atoms with E-state index >= 15 is 0 Å². The van der Waals surface area contributed by atoms with Crippen LogP contribution in [0.5, 0.6) is 0 Å². The molecule has 0 radical (unpaired) electrons. The van der Waals surface area contributed by atoms with Gasteiger partial charge in [-0.2, -0.15) is 0 Å². The van der Waals surface area contributed by atoms with E-state index in [0.717, 1.165) is 24.2 Å². The van der Waals surface area contributed by atoms with Crippen LogP contribution in [0.25, 0.3) is 0 Å². The van der Waals surface area contributed by atoms with Gasteiger partial charge in [-0.15, -0.1) is 0 Å². The van der Waals surface area contributed by atoms with Crippen molar-refractivity contribution in [2.24, 2.45) is 5.92 Å². The standard InChI is InChI=1S/C13H20BrNO/c1-9(2)5-6-15-10(3)7-12(11(15)4)13(16)8-14/h7,9H,5-6,8H2,1-4H3. The highest BCUT2D eigenvalue weighted by Gasteiger charge is 2.14. The number of hydrogen-bond acceptors (Lipinski definition) is 1. The Labute approximate surface area is 106 Å². The smallest absolute Gasteiger partial charge is 0.175 e. The van der Waals surface area contributed by atoms with E-state index in [4.69, 9.17) is 0 Å². The van der Waals surface area contributed by atoms with Crippen molar-refractivity contribution < 1.29 is 4.79 Å². The second-order valence-corrected chi connectivity index (χ2v) is 5.24. The molecule has 0 aromatic carbocycles. The minimum atomic E-state index is 0.170. The van der Waals surface area contributed by atoms with Gasteiger partial charge in [0.25, 0.3) is 0 Å². The molecular weight excluding hydrogens is 266 g/mol. The number of aryl methyl sites for hydroxylation is 1. The van der Waals surface area contributed by atoms with Gasteiger partial charge in [-0.3, -0.25) is 4.79 Å². The number of carbonyl (C=O) groups is 1. The minimum Gasteiger partial charge on any atom is -0.348 e. The molecule has 0 bridgehead atoms. The third-order valence-electron chi connectivity index (χ3n) is 2.93. The SMILES string of the molecule is Cc1cc(C(=O)CBr)c(C)n1CCC(C)C. The maximum absolute atomic E-state index is 11.7. The first-order chi connectivity index (χ1) is 7.47. The predicted octanol–water partition coefficient (Wildman–Crippen LogP) is 3.73. The van der Waals surface area contributed by atoms with E-state index in [-0.39, 0.29) is 5.78 Å². The fourth-order valence-electron chi connectivity index (χ4n) is 1.89. The molecule has 1 heterocycles. The summed E-state index contributed by atoms with van der Waals surface area (Å²) in [5.74, 6) is 0.862. The maximum atomic E-state index is 11.7. The number of alkyl halides is 1. The monoisotopic (exact) mass is 285 g/mol. The van der Waals surface area contributed by atoms with Gasteiger partial charge in [0.2, 0.25) is 0 Å². The van der Waals surface area contributed by atoms with Crippen molar-refractivity contribution in [1.29, 1.82) is 0 Å². The Hall–Kier alpha value is -0.570. The summed E-state index contributed by atoms with van der Waals surface area (Å²) in [6, 6.07) is 2.00. The van der Waals surface area contributed by atoms with Gasteiger partial charge in [0.15, 0.2) is 5.78 Å². The van der Waals surface area contributed by atoms with Gasteiger partial charge in [0.1, 0.15) is 0 Å². The maximum Gasteiger partial charge on any atom is 0.175 e. The van der Waals surface area contributed by atoms with E-state index in [1.807, 2.05) is 13.0 Å². The molecule has 0 atom stereocenters. The third-order valence-corrected chi connectivity index (χ3v) is 3.43. The molecule has 0 spiro atoms. The molecule has 0 unspecified atom stereocenters. The fourth-order valence-corrected chi connectivity index (χ4v) is 2.19. The first-order valence-corrected chi connectivity index (χ1v) is 6.85. The van der Waals surface area contributed by atoms with Crippen LogP contribution in [0.2, 0.25) is 0 Å². The number of hydrogen-bond donors (Lipinski definition) is 0. The fraction of sp³-hybridized carbons (Fsp3) is 0.615. The zero-order chi connectivity index (χ0) is 12.3. The number of carbonyl (C=O) groups excluding carboxylic acids is 1. The van der Waals surface area contributed by atoms with E-state index < -0.39 is 0 Å². The highest BCUT2D eigenvalue weighted by atomic mass is 79.9. The molecule has 0 aliphatic rings. The highest BCUT2D eigenvalue weighted by molar-refractivity contribution is 9.09. The van der Waals surface area contributed by atoms with Crippen LogP contribution in [0.4, 0.5) is 0 Å². The molecule has 1 aromatic heterocycles. The first-order valence-electron chi connectivity index (χ1n) is 5.73. The normalized spacial score (nSPS) is 11.1. The molecule has 0 amide bonds. The summed E-state index contributed by atoms with van der Waals surface area (Å²) in [7, 11) is 0.